The number of aliphatic hydroxyl groups excluding tert-OH is 1. The molecule has 35 heavy (non-hydrogen) atoms. The van der Waals surface area contributed by atoms with Gasteiger partial charge in [-0.3, -0.25) is 0 Å². The summed E-state index contributed by atoms with van der Waals surface area (Å²) in [4.78, 5) is 15.5. The molecule has 6 nitrogen and oxygen atoms in total. The molecule has 190 valence electrons. The predicted molar refractivity (Wildman–Crippen MR) is 144 cm³/mol. The first-order chi connectivity index (χ1) is 15.9. The number of aliphatic hydroxyl groups is 1. The molecule has 0 fully saturated rings. The van der Waals surface area contributed by atoms with Crippen LogP contribution in [0.5, 0.6) is 5.75 Å². The van der Waals surface area contributed by atoms with E-state index in [1.165, 1.54) is 0 Å². The van der Waals surface area contributed by atoms with Gasteiger partial charge in [-0.25, -0.2) is 9.78 Å². The van der Waals surface area contributed by atoms with Gasteiger partial charge >= 0.3 is 5.97 Å². The van der Waals surface area contributed by atoms with E-state index in [2.05, 4.69) is 29.4 Å². The van der Waals surface area contributed by atoms with E-state index in [4.69, 9.17) is 16.3 Å². The van der Waals surface area contributed by atoms with Crippen molar-refractivity contribution < 1.29 is 19.7 Å². The fourth-order valence-corrected chi connectivity index (χ4v) is 3.60. The van der Waals surface area contributed by atoms with Crippen LogP contribution in [0, 0.1) is 0 Å². The number of carboxylic acid groups (broad SMARTS) is 1. The van der Waals surface area contributed by atoms with Gasteiger partial charge < -0.3 is 20.3 Å². The standard InChI is InChI=1S/C26H29ClN2O4.2ClH/c1-3-12-33-24-14-20(8-10-22(24)26(31)32)19-6-4-18(5-7-19)13-17(2)28-16-23(30)21-9-11-25(27)29-15-21;;/h4-11,14-15,17,23,28,30H,3,12-13,16H2,1-2H3,(H,31,32);2*1H/t17-,23+;;/m1../s1. The second-order valence-corrected chi connectivity index (χ2v) is 8.39. The zero-order chi connectivity index (χ0) is 23.8. The minimum absolute atomic E-state index is 0. The lowest BCUT2D eigenvalue weighted by molar-refractivity contribution is 0.0692. The highest BCUT2D eigenvalue weighted by Crippen LogP contribution is 2.28. The van der Waals surface area contributed by atoms with E-state index < -0.39 is 12.1 Å². The van der Waals surface area contributed by atoms with E-state index in [-0.39, 0.29) is 36.4 Å². The number of nitrogens with zero attached hydrogens (tertiary/aromatic N) is 1. The van der Waals surface area contributed by atoms with Gasteiger partial charge in [-0.15, -0.1) is 24.8 Å². The first-order valence-corrected chi connectivity index (χ1v) is 11.4. The number of ether oxygens (including phenoxy) is 1. The maximum absolute atomic E-state index is 11.5. The van der Waals surface area contributed by atoms with Gasteiger partial charge in [0, 0.05) is 24.3 Å². The van der Waals surface area contributed by atoms with Crippen LogP contribution in [0.2, 0.25) is 5.15 Å². The molecule has 0 amide bonds. The molecule has 2 atom stereocenters. The number of hydrogen-bond acceptors (Lipinski definition) is 5. The Balaban J connectivity index is 0.00000306. The SMILES string of the molecule is CCCOc1cc(-c2ccc(C[C@@H](C)NC[C@H](O)c3ccc(Cl)nc3)cc2)ccc1C(=O)O.Cl.Cl. The lowest BCUT2D eigenvalue weighted by Gasteiger charge is -2.17. The first kappa shape index (κ1) is 30.7. The Hall–Kier alpha value is -2.35. The topological polar surface area (TPSA) is 91.7 Å². The van der Waals surface area contributed by atoms with E-state index in [0.717, 1.165) is 35.1 Å². The van der Waals surface area contributed by atoms with Gasteiger partial charge in [-0.2, -0.15) is 0 Å². The summed E-state index contributed by atoms with van der Waals surface area (Å²) in [5.74, 6) is -0.611. The number of aromatic nitrogens is 1. The van der Waals surface area contributed by atoms with Crippen LogP contribution in [-0.2, 0) is 6.42 Å². The fourth-order valence-electron chi connectivity index (χ4n) is 3.48. The highest BCUT2D eigenvalue weighted by atomic mass is 35.5. The highest BCUT2D eigenvalue weighted by molar-refractivity contribution is 6.29. The van der Waals surface area contributed by atoms with Crippen LogP contribution < -0.4 is 10.1 Å². The molecular weight excluding hydrogens is 511 g/mol. The largest absolute Gasteiger partial charge is 0.493 e. The van der Waals surface area contributed by atoms with Crippen LogP contribution in [0.1, 0.15) is 47.9 Å². The number of pyridine rings is 1. The number of benzene rings is 2. The molecule has 1 heterocycles. The Morgan fingerprint density at radius 1 is 1.09 bits per heavy atom. The van der Waals surface area contributed by atoms with Crippen molar-refractivity contribution in [2.45, 2.75) is 38.8 Å². The predicted octanol–water partition coefficient (Wildman–Crippen LogP) is 5.99. The molecule has 3 aromatic rings. The molecule has 3 N–H and O–H groups in total. The van der Waals surface area contributed by atoms with Crippen LogP contribution >= 0.6 is 36.4 Å². The summed E-state index contributed by atoms with van der Waals surface area (Å²) in [6, 6.07) is 16.9. The summed E-state index contributed by atoms with van der Waals surface area (Å²) in [6.45, 7) is 4.94. The third kappa shape index (κ3) is 8.98. The maximum Gasteiger partial charge on any atom is 0.339 e. The second-order valence-electron chi connectivity index (χ2n) is 8.00. The molecule has 0 aliphatic heterocycles. The van der Waals surface area contributed by atoms with Crippen molar-refractivity contribution in [2.24, 2.45) is 0 Å². The van der Waals surface area contributed by atoms with E-state index in [1.54, 1.807) is 36.5 Å². The van der Waals surface area contributed by atoms with Crippen molar-refractivity contribution >= 4 is 42.4 Å². The van der Waals surface area contributed by atoms with Gasteiger partial charge in [0.2, 0.25) is 0 Å². The minimum atomic E-state index is -0.998. The smallest absolute Gasteiger partial charge is 0.339 e. The average molecular weight is 542 g/mol. The van der Waals surface area contributed by atoms with Crippen LogP contribution in [0.3, 0.4) is 0 Å². The number of halogens is 3. The molecule has 2 aromatic carbocycles. The molecule has 0 unspecified atom stereocenters. The number of hydrogen-bond donors (Lipinski definition) is 3. The average Bonchev–Trinajstić information content (AvgIpc) is 2.82. The van der Waals surface area contributed by atoms with Crippen molar-refractivity contribution in [3.8, 4) is 16.9 Å². The molecule has 9 heteroatoms. The van der Waals surface area contributed by atoms with Gasteiger partial charge in [0.1, 0.15) is 16.5 Å². The molecule has 1 aromatic heterocycles. The van der Waals surface area contributed by atoms with E-state index in [9.17, 15) is 15.0 Å². The summed E-state index contributed by atoms with van der Waals surface area (Å²) < 4.78 is 5.65. The molecule has 0 aliphatic rings. The Bertz CT molecular complexity index is 1060. The minimum Gasteiger partial charge on any atom is -0.493 e. The number of aromatic carboxylic acids is 1. The van der Waals surface area contributed by atoms with Crippen molar-refractivity contribution in [2.75, 3.05) is 13.2 Å². The number of carbonyl (C=O) groups is 1. The zero-order valence-electron chi connectivity index (χ0n) is 19.6. The van der Waals surface area contributed by atoms with Crippen molar-refractivity contribution in [1.29, 1.82) is 0 Å². The fraction of sp³-hybridized carbons (Fsp3) is 0.308. The maximum atomic E-state index is 11.5. The molecule has 0 aliphatic carbocycles. The van der Waals surface area contributed by atoms with Crippen LogP contribution in [0.25, 0.3) is 11.1 Å². The Labute approximate surface area is 223 Å². The Kier molecular flexibility index (Phi) is 13.1. The molecular formula is C26H31Cl3N2O4. The lowest BCUT2D eigenvalue weighted by atomic mass is 9.99. The second kappa shape index (κ2) is 14.9. The molecule has 0 radical (unpaired) electrons. The summed E-state index contributed by atoms with van der Waals surface area (Å²) in [5, 5.41) is 23.5. The van der Waals surface area contributed by atoms with Crippen LogP contribution in [-0.4, -0.2) is 40.4 Å². The van der Waals surface area contributed by atoms with Crippen LogP contribution in [0.15, 0.2) is 60.8 Å². The molecule has 0 bridgehead atoms. The first-order valence-electron chi connectivity index (χ1n) is 11.0. The molecule has 0 saturated carbocycles. The van der Waals surface area contributed by atoms with Crippen molar-refractivity contribution in [1.82, 2.24) is 10.3 Å². The molecule has 3 rings (SSSR count). The summed E-state index contributed by atoms with van der Waals surface area (Å²) >= 11 is 5.79. The van der Waals surface area contributed by atoms with Crippen molar-refractivity contribution in [3.05, 3.63) is 82.6 Å². The van der Waals surface area contributed by atoms with E-state index in [1.807, 2.05) is 19.1 Å². The van der Waals surface area contributed by atoms with Gasteiger partial charge in [-0.05, 0) is 54.7 Å². The Morgan fingerprint density at radius 3 is 2.37 bits per heavy atom. The van der Waals surface area contributed by atoms with Gasteiger partial charge in [0.25, 0.3) is 0 Å². The third-order valence-corrected chi connectivity index (χ3v) is 5.52. The summed E-state index contributed by atoms with van der Waals surface area (Å²) in [5.41, 5.74) is 3.94. The number of rotatable bonds is 11. The number of nitrogens with one attached hydrogen (secondary N) is 1. The van der Waals surface area contributed by atoms with E-state index in [0.29, 0.717) is 24.1 Å². The molecule has 0 saturated heterocycles. The quantitative estimate of drug-likeness (QED) is 0.258. The normalized spacial score (nSPS) is 12.1. The van der Waals surface area contributed by atoms with Gasteiger partial charge in [0.15, 0.2) is 0 Å². The third-order valence-electron chi connectivity index (χ3n) is 5.30. The monoisotopic (exact) mass is 540 g/mol. The zero-order valence-corrected chi connectivity index (χ0v) is 22.0. The van der Waals surface area contributed by atoms with Crippen LogP contribution in [0.4, 0.5) is 0 Å². The lowest BCUT2D eigenvalue weighted by Crippen LogP contribution is -2.32. The molecule has 0 spiro atoms. The van der Waals surface area contributed by atoms with E-state index >= 15 is 0 Å². The van der Waals surface area contributed by atoms with Crippen molar-refractivity contribution in [3.63, 3.8) is 0 Å². The Morgan fingerprint density at radius 2 is 1.77 bits per heavy atom. The summed E-state index contributed by atoms with van der Waals surface area (Å²) in [6.07, 6.45) is 2.53. The van der Waals surface area contributed by atoms with Gasteiger partial charge in [0.05, 0.1) is 12.7 Å². The highest BCUT2D eigenvalue weighted by Gasteiger charge is 2.14. The number of carboxylic acids is 1. The summed E-state index contributed by atoms with van der Waals surface area (Å²) in [7, 11) is 0. The van der Waals surface area contributed by atoms with Gasteiger partial charge in [-0.1, -0.05) is 54.9 Å².